The van der Waals surface area contributed by atoms with Gasteiger partial charge in [-0.15, -0.1) is 0 Å². The molecule has 2 N–H and O–H groups in total. The largest absolute Gasteiger partial charge is 0.330 e. The maximum Gasteiger partial charge on any atom is 0.0423 e. The van der Waals surface area contributed by atoms with Gasteiger partial charge < -0.3 is 5.73 Å². The van der Waals surface area contributed by atoms with Crippen LogP contribution in [-0.4, -0.2) is 22.3 Å². The first-order chi connectivity index (χ1) is 4.31. The molecule has 1 atom stereocenters. The van der Waals surface area contributed by atoms with E-state index in [2.05, 4.69) is 15.9 Å². The van der Waals surface area contributed by atoms with Gasteiger partial charge in [-0.3, -0.25) is 4.21 Å². The quantitative estimate of drug-likeness (QED) is 0.741. The fraction of sp³-hybridized carbons (Fsp3) is 0.600. The Balaban J connectivity index is 3.27. The van der Waals surface area contributed by atoms with Crippen LogP contribution in [0.4, 0.5) is 0 Å². The van der Waals surface area contributed by atoms with Crippen LogP contribution in [0, 0.1) is 0 Å². The fourth-order valence-electron chi connectivity index (χ4n) is 0.358. The maximum atomic E-state index is 10.8. The molecule has 0 aliphatic carbocycles. The van der Waals surface area contributed by atoms with Crippen LogP contribution in [0.2, 0.25) is 0 Å². The smallest absolute Gasteiger partial charge is 0.0423 e. The molecule has 0 saturated heterocycles. The standard InChI is InChI=1S/C5H10BrNOS/c6-2-1-4-9(8)5-3-7/h1-2H,3-5,7H2/b2-1+. The molecule has 1 unspecified atom stereocenters. The minimum Gasteiger partial charge on any atom is -0.330 e. The summed E-state index contributed by atoms with van der Waals surface area (Å²) in [5, 5.41) is 0. The van der Waals surface area contributed by atoms with Crippen molar-refractivity contribution < 1.29 is 4.21 Å². The first-order valence-electron chi connectivity index (χ1n) is 2.61. The molecule has 54 valence electrons. The average molecular weight is 212 g/mol. The topological polar surface area (TPSA) is 43.1 Å². The predicted octanol–water partition coefficient (Wildman–Crippen LogP) is 0.602. The molecule has 0 heterocycles. The Kier molecular flexibility index (Phi) is 6.69. The third-order valence-corrected chi connectivity index (χ3v) is 2.35. The minimum atomic E-state index is -0.762. The zero-order valence-electron chi connectivity index (χ0n) is 5.05. The van der Waals surface area contributed by atoms with E-state index < -0.39 is 10.8 Å². The summed E-state index contributed by atoms with van der Waals surface area (Å²) in [5.74, 6) is 1.19. The van der Waals surface area contributed by atoms with Gasteiger partial charge in [-0.05, 0) is 4.99 Å². The van der Waals surface area contributed by atoms with Gasteiger partial charge in [-0.2, -0.15) is 0 Å². The Morgan fingerprint density at radius 3 is 2.78 bits per heavy atom. The lowest BCUT2D eigenvalue weighted by molar-refractivity contribution is 0.684. The second-order valence-electron chi connectivity index (χ2n) is 1.46. The van der Waals surface area contributed by atoms with Gasteiger partial charge in [0.1, 0.15) is 0 Å². The molecule has 0 aliphatic rings. The molecule has 0 spiro atoms. The van der Waals surface area contributed by atoms with E-state index in [1.54, 1.807) is 4.99 Å². The molecule has 0 rings (SSSR count). The zero-order valence-corrected chi connectivity index (χ0v) is 7.45. The van der Waals surface area contributed by atoms with Gasteiger partial charge >= 0.3 is 0 Å². The molecule has 0 radical (unpaired) electrons. The second-order valence-corrected chi connectivity index (χ2v) is 3.61. The van der Waals surface area contributed by atoms with Crippen molar-refractivity contribution in [1.82, 2.24) is 0 Å². The SMILES string of the molecule is NCCS(=O)C/C=C/Br. The van der Waals surface area contributed by atoms with E-state index >= 15 is 0 Å². The van der Waals surface area contributed by atoms with E-state index in [0.717, 1.165) is 0 Å². The molecule has 0 aliphatic heterocycles. The van der Waals surface area contributed by atoms with Crippen LogP contribution in [0.1, 0.15) is 0 Å². The number of nitrogens with two attached hydrogens (primary N) is 1. The van der Waals surface area contributed by atoms with Crippen molar-refractivity contribution in [3.63, 3.8) is 0 Å². The summed E-state index contributed by atoms with van der Waals surface area (Å²) in [6.07, 6.45) is 1.81. The molecule has 0 bridgehead atoms. The van der Waals surface area contributed by atoms with Crippen molar-refractivity contribution in [2.45, 2.75) is 0 Å². The Hall–Kier alpha value is 0.330. The normalized spacial score (nSPS) is 14.4. The first-order valence-corrected chi connectivity index (χ1v) is 5.02. The van der Waals surface area contributed by atoms with Crippen LogP contribution in [0.25, 0.3) is 0 Å². The number of hydrogen-bond acceptors (Lipinski definition) is 2. The monoisotopic (exact) mass is 211 g/mol. The molecule has 0 aromatic carbocycles. The zero-order chi connectivity index (χ0) is 7.11. The van der Waals surface area contributed by atoms with Crippen molar-refractivity contribution in [3.05, 3.63) is 11.1 Å². The molecule has 2 nitrogen and oxygen atoms in total. The molecular formula is C5H10BrNOS. The lowest BCUT2D eigenvalue weighted by Crippen LogP contribution is -2.11. The summed E-state index contributed by atoms with van der Waals surface area (Å²) in [6, 6.07) is 0. The van der Waals surface area contributed by atoms with E-state index in [0.29, 0.717) is 18.1 Å². The maximum absolute atomic E-state index is 10.8. The third kappa shape index (κ3) is 6.21. The van der Waals surface area contributed by atoms with Gasteiger partial charge in [-0.25, -0.2) is 0 Å². The third-order valence-electron chi connectivity index (χ3n) is 0.717. The van der Waals surface area contributed by atoms with Crippen LogP contribution < -0.4 is 5.73 Å². The molecule has 0 aromatic rings. The Labute approximate surface area is 66.1 Å². The lowest BCUT2D eigenvalue weighted by Gasteiger charge is -1.91. The average Bonchev–Trinajstić information content (AvgIpc) is 1.85. The molecule has 0 amide bonds. The van der Waals surface area contributed by atoms with Gasteiger partial charge in [0, 0.05) is 28.9 Å². The van der Waals surface area contributed by atoms with Crippen LogP contribution >= 0.6 is 15.9 Å². The van der Waals surface area contributed by atoms with Crippen molar-refractivity contribution in [2.75, 3.05) is 18.1 Å². The molecule has 0 aromatic heterocycles. The Morgan fingerprint density at radius 1 is 1.67 bits per heavy atom. The fourth-order valence-corrected chi connectivity index (χ4v) is 1.53. The van der Waals surface area contributed by atoms with Crippen molar-refractivity contribution in [1.29, 1.82) is 0 Å². The predicted molar refractivity (Wildman–Crippen MR) is 45.0 cm³/mol. The summed E-state index contributed by atoms with van der Waals surface area (Å²) in [7, 11) is -0.762. The van der Waals surface area contributed by atoms with Crippen LogP contribution in [0.15, 0.2) is 11.1 Å². The van der Waals surface area contributed by atoms with E-state index in [1.165, 1.54) is 0 Å². The summed E-state index contributed by atoms with van der Waals surface area (Å²) >= 11 is 3.08. The summed E-state index contributed by atoms with van der Waals surface area (Å²) in [6.45, 7) is 0.503. The van der Waals surface area contributed by atoms with Crippen LogP contribution in [-0.2, 0) is 10.8 Å². The highest BCUT2D eigenvalue weighted by molar-refractivity contribution is 9.11. The first kappa shape index (κ1) is 9.33. The number of hydrogen-bond donors (Lipinski definition) is 1. The highest BCUT2D eigenvalue weighted by atomic mass is 79.9. The lowest BCUT2D eigenvalue weighted by atomic mass is 10.8. The van der Waals surface area contributed by atoms with Crippen LogP contribution in [0.3, 0.4) is 0 Å². The summed E-state index contributed by atoms with van der Waals surface area (Å²) in [4.78, 5) is 1.71. The molecule has 0 saturated carbocycles. The Bertz CT molecular complexity index is 116. The summed E-state index contributed by atoms with van der Waals surface area (Å²) in [5.41, 5.74) is 5.17. The van der Waals surface area contributed by atoms with Gasteiger partial charge in [0.05, 0.1) is 0 Å². The number of halogens is 1. The van der Waals surface area contributed by atoms with Crippen molar-refractivity contribution >= 4 is 26.7 Å². The van der Waals surface area contributed by atoms with Gasteiger partial charge in [-0.1, -0.05) is 22.0 Å². The van der Waals surface area contributed by atoms with Crippen LogP contribution in [0.5, 0.6) is 0 Å². The summed E-state index contributed by atoms with van der Waals surface area (Å²) < 4.78 is 10.8. The highest BCUT2D eigenvalue weighted by Crippen LogP contribution is 1.86. The van der Waals surface area contributed by atoms with Gasteiger partial charge in [0.15, 0.2) is 0 Å². The minimum absolute atomic E-state index is 0.503. The second kappa shape index (κ2) is 6.45. The van der Waals surface area contributed by atoms with Gasteiger partial charge in [0.25, 0.3) is 0 Å². The van der Waals surface area contributed by atoms with E-state index in [9.17, 15) is 4.21 Å². The molecular weight excluding hydrogens is 202 g/mol. The Morgan fingerprint density at radius 2 is 2.33 bits per heavy atom. The van der Waals surface area contributed by atoms with E-state index in [-0.39, 0.29) is 0 Å². The molecule has 9 heavy (non-hydrogen) atoms. The van der Waals surface area contributed by atoms with Gasteiger partial charge in [0.2, 0.25) is 0 Å². The number of rotatable bonds is 4. The molecule has 0 fully saturated rings. The van der Waals surface area contributed by atoms with E-state index in [1.807, 2.05) is 6.08 Å². The van der Waals surface area contributed by atoms with Crippen molar-refractivity contribution in [2.24, 2.45) is 5.73 Å². The van der Waals surface area contributed by atoms with Crippen molar-refractivity contribution in [3.8, 4) is 0 Å². The highest BCUT2D eigenvalue weighted by Gasteiger charge is 1.91. The molecule has 4 heteroatoms. The van der Waals surface area contributed by atoms with E-state index in [4.69, 9.17) is 5.73 Å².